The third-order valence-electron chi connectivity index (χ3n) is 5.64. The van der Waals surface area contributed by atoms with E-state index in [0.717, 1.165) is 25.7 Å². The molecule has 0 spiro atoms. The molecule has 0 saturated heterocycles. The first-order chi connectivity index (χ1) is 14.5. The van der Waals surface area contributed by atoms with Crippen molar-refractivity contribution in [1.29, 1.82) is 0 Å². The Bertz CT molecular complexity index is 886. The second-order valence-electron chi connectivity index (χ2n) is 7.78. The van der Waals surface area contributed by atoms with Crippen molar-refractivity contribution in [3.63, 3.8) is 0 Å². The van der Waals surface area contributed by atoms with Gasteiger partial charge in [-0.1, -0.05) is 61.7 Å². The van der Waals surface area contributed by atoms with Gasteiger partial charge in [0.15, 0.2) is 0 Å². The van der Waals surface area contributed by atoms with Crippen molar-refractivity contribution in [3.05, 3.63) is 64.7 Å². The van der Waals surface area contributed by atoms with E-state index in [-0.39, 0.29) is 24.5 Å². The van der Waals surface area contributed by atoms with Gasteiger partial charge in [0.05, 0.1) is 6.04 Å². The highest BCUT2D eigenvalue weighted by molar-refractivity contribution is 6.30. The molecule has 30 heavy (non-hydrogen) atoms. The molecule has 1 aliphatic rings. The normalized spacial score (nSPS) is 15.4. The number of benzene rings is 2. The number of hydrogen-bond acceptors (Lipinski definition) is 2. The summed E-state index contributed by atoms with van der Waals surface area (Å²) in [6.07, 6.45) is 3.78. The highest BCUT2D eigenvalue weighted by atomic mass is 35.5. The van der Waals surface area contributed by atoms with Crippen LogP contribution in [0.4, 0.5) is 10.5 Å². The number of fused-ring (bicyclic) bond motifs is 1. The number of unbranched alkanes of at least 4 members (excludes halogenated alkanes) is 2. The zero-order valence-corrected chi connectivity index (χ0v) is 18.5. The predicted molar refractivity (Wildman–Crippen MR) is 122 cm³/mol. The molecule has 1 aliphatic heterocycles. The van der Waals surface area contributed by atoms with Crippen LogP contribution in [0.2, 0.25) is 5.02 Å². The molecule has 1 unspecified atom stereocenters. The van der Waals surface area contributed by atoms with Crippen molar-refractivity contribution < 1.29 is 9.59 Å². The van der Waals surface area contributed by atoms with Crippen molar-refractivity contribution in [2.45, 2.75) is 45.6 Å². The smallest absolute Gasteiger partial charge is 0.322 e. The van der Waals surface area contributed by atoms with Crippen LogP contribution in [0.15, 0.2) is 48.5 Å². The lowest BCUT2D eigenvalue weighted by molar-refractivity contribution is -0.134. The summed E-state index contributed by atoms with van der Waals surface area (Å²) in [5.74, 6) is -0.0188. The maximum Gasteiger partial charge on any atom is 0.322 e. The first kappa shape index (κ1) is 22.2. The maximum atomic E-state index is 13.2. The second-order valence-corrected chi connectivity index (χ2v) is 8.22. The van der Waals surface area contributed by atoms with Gasteiger partial charge >= 0.3 is 6.03 Å². The van der Waals surface area contributed by atoms with E-state index in [9.17, 15) is 9.59 Å². The van der Waals surface area contributed by atoms with E-state index >= 15 is 0 Å². The van der Waals surface area contributed by atoms with E-state index in [1.165, 1.54) is 11.1 Å². The van der Waals surface area contributed by atoms with Gasteiger partial charge in [-0.2, -0.15) is 0 Å². The SMILES string of the molecule is CCCCCN(CC(=O)N1CCc2ccccc2C1C)C(=O)Nc1cccc(Cl)c1. The van der Waals surface area contributed by atoms with Crippen LogP contribution < -0.4 is 5.32 Å². The number of carbonyl (C=O) groups excluding carboxylic acids is 2. The second kappa shape index (κ2) is 10.5. The van der Waals surface area contributed by atoms with Crippen molar-refractivity contribution in [3.8, 4) is 0 Å². The van der Waals surface area contributed by atoms with Crippen LogP contribution in [-0.2, 0) is 11.2 Å². The van der Waals surface area contributed by atoms with Crippen molar-refractivity contribution in [2.75, 3.05) is 25.0 Å². The van der Waals surface area contributed by atoms with Gasteiger partial charge in [-0.15, -0.1) is 0 Å². The number of nitrogens with one attached hydrogen (secondary N) is 1. The van der Waals surface area contributed by atoms with Gasteiger partial charge in [-0.3, -0.25) is 4.79 Å². The molecule has 3 rings (SSSR count). The Labute approximate surface area is 184 Å². The molecule has 0 fully saturated rings. The van der Waals surface area contributed by atoms with Crippen LogP contribution in [0.3, 0.4) is 0 Å². The zero-order valence-electron chi connectivity index (χ0n) is 17.7. The number of nitrogens with zero attached hydrogens (tertiary/aromatic N) is 2. The third-order valence-corrected chi connectivity index (χ3v) is 5.87. The highest BCUT2D eigenvalue weighted by Crippen LogP contribution is 2.29. The van der Waals surface area contributed by atoms with Crippen LogP contribution in [-0.4, -0.2) is 41.4 Å². The van der Waals surface area contributed by atoms with Crippen LogP contribution in [0.1, 0.15) is 50.3 Å². The molecule has 0 radical (unpaired) electrons. The standard InChI is InChI=1S/C24H30ClN3O2/c1-3-4-7-14-27(24(30)26-21-11-8-10-20(25)16-21)17-23(29)28-15-13-19-9-5-6-12-22(19)18(28)2/h5-6,8-12,16,18H,3-4,7,13-15,17H2,1-2H3,(H,26,30). The van der Waals surface area contributed by atoms with Crippen LogP contribution in [0.25, 0.3) is 0 Å². The predicted octanol–water partition coefficient (Wildman–Crippen LogP) is 5.51. The van der Waals surface area contributed by atoms with E-state index in [2.05, 4.69) is 31.3 Å². The summed E-state index contributed by atoms with van der Waals surface area (Å²) in [5.41, 5.74) is 3.12. The molecule has 0 aliphatic carbocycles. The Balaban J connectivity index is 1.69. The summed E-state index contributed by atoms with van der Waals surface area (Å²) in [7, 11) is 0. The first-order valence-corrected chi connectivity index (χ1v) is 11.1. The minimum absolute atomic E-state index is 0.0101. The lowest BCUT2D eigenvalue weighted by Crippen LogP contribution is -2.47. The number of carbonyl (C=O) groups is 2. The largest absolute Gasteiger partial charge is 0.334 e. The van der Waals surface area contributed by atoms with Gasteiger partial charge < -0.3 is 15.1 Å². The minimum atomic E-state index is -0.271. The van der Waals surface area contributed by atoms with E-state index in [0.29, 0.717) is 23.8 Å². The molecule has 5 nitrogen and oxygen atoms in total. The molecule has 1 N–H and O–H groups in total. The van der Waals surface area contributed by atoms with Gasteiger partial charge in [-0.05, 0) is 49.1 Å². The van der Waals surface area contributed by atoms with E-state index in [1.807, 2.05) is 17.0 Å². The topological polar surface area (TPSA) is 52.7 Å². The number of hydrogen-bond donors (Lipinski definition) is 1. The Hall–Kier alpha value is -2.53. The summed E-state index contributed by atoms with van der Waals surface area (Å²) in [6, 6.07) is 15.1. The van der Waals surface area contributed by atoms with E-state index < -0.39 is 0 Å². The highest BCUT2D eigenvalue weighted by Gasteiger charge is 2.29. The monoisotopic (exact) mass is 427 g/mol. The average molecular weight is 428 g/mol. The minimum Gasteiger partial charge on any atom is -0.334 e. The molecule has 0 aromatic heterocycles. The molecule has 2 aromatic carbocycles. The zero-order chi connectivity index (χ0) is 21.5. The Kier molecular flexibility index (Phi) is 7.75. The lowest BCUT2D eigenvalue weighted by Gasteiger charge is -2.36. The van der Waals surface area contributed by atoms with Gasteiger partial charge in [0.1, 0.15) is 6.54 Å². The van der Waals surface area contributed by atoms with Crippen molar-refractivity contribution in [1.82, 2.24) is 9.80 Å². The van der Waals surface area contributed by atoms with Crippen molar-refractivity contribution in [2.24, 2.45) is 0 Å². The Morgan fingerprint density at radius 2 is 1.97 bits per heavy atom. The summed E-state index contributed by atoms with van der Waals surface area (Å²) >= 11 is 6.03. The molecular formula is C24H30ClN3O2. The molecule has 3 amide bonds. The van der Waals surface area contributed by atoms with Crippen LogP contribution >= 0.6 is 11.6 Å². The summed E-state index contributed by atoms with van der Waals surface area (Å²) in [4.78, 5) is 29.6. The molecular weight excluding hydrogens is 398 g/mol. The number of anilines is 1. The number of urea groups is 1. The van der Waals surface area contributed by atoms with Gasteiger partial charge in [0, 0.05) is 23.8 Å². The summed E-state index contributed by atoms with van der Waals surface area (Å²) in [5, 5.41) is 3.43. The Morgan fingerprint density at radius 3 is 2.73 bits per heavy atom. The molecule has 1 heterocycles. The molecule has 1 atom stereocenters. The number of halogens is 1. The van der Waals surface area contributed by atoms with Gasteiger partial charge in [-0.25, -0.2) is 4.79 Å². The fourth-order valence-corrected chi connectivity index (χ4v) is 4.13. The van der Waals surface area contributed by atoms with Crippen LogP contribution in [0.5, 0.6) is 0 Å². The van der Waals surface area contributed by atoms with Crippen molar-refractivity contribution >= 4 is 29.2 Å². The molecule has 2 aromatic rings. The molecule has 0 bridgehead atoms. The van der Waals surface area contributed by atoms with Gasteiger partial charge in [0.25, 0.3) is 0 Å². The molecule has 0 saturated carbocycles. The Morgan fingerprint density at radius 1 is 1.17 bits per heavy atom. The van der Waals surface area contributed by atoms with Gasteiger partial charge in [0.2, 0.25) is 5.91 Å². The number of rotatable bonds is 7. The quantitative estimate of drug-likeness (QED) is 0.592. The summed E-state index contributed by atoms with van der Waals surface area (Å²) in [6.45, 7) is 5.47. The average Bonchev–Trinajstić information content (AvgIpc) is 2.73. The molecule has 6 heteroatoms. The molecule has 160 valence electrons. The van der Waals surface area contributed by atoms with E-state index in [1.54, 1.807) is 29.2 Å². The van der Waals surface area contributed by atoms with E-state index in [4.69, 9.17) is 11.6 Å². The third kappa shape index (κ3) is 5.54. The number of amides is 3. The lowest BCUT2D eigenvalue weighted by atomic mass is 9.93. The maximum absolute atomic E-state index is 13.2. The first-order valence-electron chi connectivity index (χ1n) is 10.7. The summed E-state index contributed by atoms with van der Waals surface area (Å²) < 4.78 is 0. The van der Waals surface area contributed by atoms with Crippen LogP contribution in [0, 0.1) is 0 Å². The fraction of sp³-hybridized carbons (Fsp3) is 0.417. The fourth-order valence-electron chi connectivity index (χ4n) is 3.94.